The van der Waals surface area contributed by atoms with E-state index in [1.165, 1.54) is 0 Å². The molecule has 3 heteroatoms. The molecule has 0 aliphatic carbocycles. The number of benzene rings is 2. The van der Waals surface area contributed by atoms with Gasteiger partial charge in [-0.05, 0) is 23.3 Å². The molecule has 0 saturated carbocycles. The van der Waals surface area contributed by atoms with Gasteiger partial charge in [-0.3, -0.25) is 4.79 Å². The fraction of sp³-hybridized carbons (Fsp3) is 0.133. The maximum Gasteiger partial charge on any atom is 0.251 e. The van der Waals surface area contributed by atoms with Crippen LogP contribution in [0.25, 0.3) is 0 Å². The van der Waals surface area contributed by atoms with Crippen molar-refractivity contribution in [1.29, 1.82) is 0 Å². The normalized spacial score (nSPS) is 10.1. The zero-order valence-electron chi connectivity index (χ0n) is 9.97. The number of aliphatic hydroxyl groups excluding tert-OH is 1. The Morgan fingerprint density at radius 2 is 1.56 bits per heavy atom. The largest absolute Gasteiger partial charge is 0.392 e. The molecule has 2 N–H and O–H groups in total. The minimum absolute atomic E-state index is 0.0383. The smallest absolute Gasteiger partial charge is 0.251 e. The third kappa shape index (κ3) is 3.18. The Balaban J connectivity index is 1.93. The van der Waals surface area contributed by atoms with Gasteiger partial charge in [-0.2, -0.15) is 0 Å². The first-order valence-corrected chi connectivity index (χ1v) is 5.81. The molecule has 0 aliphatic heterocycles. The zero-order chi connectivity index (χ0) is 12.8. The first-order chi connectivity index (χ1) is 8.79. The molecule has 3 nitrogen and oxygen atoms in total. The van der Waals surface area contributed by atoms with Crippen LogP contribution in [-0.2, 0) is 13.2 Å². The molecule has 0 radical (unpaired) electrons. The third-order valence-electron chi connectivity index (χ3n) is 2.69. The van der Waals surface area contributed by atoms with Gasteiger partial charge in [0.2, 0.25) is 0 Å². The van der Waals surface area contributed by atoms with Gasteiger partial charge < -0.3 is 10.4 Å². The lowest BCUT2D eigenvalue weighted by molar-refractivity contribution is 0.0951. The molecule has 0 atom stereocenters. The monoisotopic (exact) mass is 241 g/mol. The fourth-order valence-electron chi connectivity index (χ4n) is 1.64. The van der Waals surface area contributed by atoms with Gasteiger partial charge >= 0.3 is 0 Å². The van der Waals surface area contributed by atoms with E-state index in [1.807, 2.05) is 42.5 Å². The van der Waals surface area contributed by atoms with Crippen molar-refractivity contribution in [2.45, 2.75) is 13.2 Å². The minimum atomic E-state index is -0.0816. The number of nitrogens with one attached hydrogen (secondary N) is 1. The maximum absolute atomic E-state index is 11.8. The van der Waals surface area contributed by atoms with Crippen molar-refractivity contribution in [3.05, 3.63) is 71.3 Å². The first-order valence-electron chi connectivity index (χ1n) is 5.81. The molecule has 0 bridgehead atoms. The molecule has 0 fully saturated rings. The quantitative estimate of drug-likeness (QED) is 0.861. The van der Waals surface area contributed by atoms with Crippen LogP contribution in [0.3, 0.4) is 0 Å². The summed E-state index contributed by atoms with van der Waals surface area (Å²) in [5.74, 6) is -0.0816. The van der Waals surface area contributed by atoms with Crippen LogP contribution in [0.2, 0.25) is 0 Å². The Labute approximate surface area is 106 Å². The van der Waals surface area contributed by atoms with Crippen LogP contribution in [0.1, 0.15) is 21.5 Å². The van der Waals surface area contributed by atoms with Gasteiger partial charge in [0.25, 0.3) is 5.91 Å². The van der Waals surface area contributed by atoms with Crippen LogP contribution >= 0.6 is 0 Å². The molecule has 2 aromatic rings. The molecule has 0 heterocycles. The van der Waals surface area contributed by atoms with Gasteiger partial charge in [-0.25, -0.2) is 0 Å². The molecule has 1 amide bonds. The molecule has 0 aliphatic rings. The van der Waals surface area contributed by atoms with Crippen LogP contribution in [0, 0.1) is 0 Å². The van der Waals surface area contributed by atoms with Gasteiger partial charge in [-0.15, -0.1) is 0 Å². The summed E-state index contributed by atoms with van der Waals surface area (Å²) in [4.78, 5) is 11.8. The Bertz CT molecular complexity index is 506. The average Bonchev–Trinajstić information content (AvgIpc) is 2.46. The van der Waals surface area contributed by atoms with Crippen LogP contribution in [0.15, 0.2) is 54.6 Å². The van der Waals surface area contributed by atoms with E-state index in [0.717, 1.165) is 11.1 Å². The standard InChI is InChI=1S/C15H15NO2/c17-11-13-8-6-12(7-9-13)10-16-15(18)14-4-2-1-3-5-14/h1-9,17H,10-11H2,(H,16,18). The van der Waals surface area contributed by atoms with E-state index < -0.39 is 0 Å². The Morgan fingerprint density at radius 1 is 0.944 bits per heavy atom. The highest BCUT2D eigenvalue weighted by atomic mass is 16.3. The summed E-state index contributed by atoms with van der Waals surface area (Å²) in [7, 11) is 0. The third-order valence-corrected chi connectivity index (χ3v) is 2.69. The molecule has 0 aromatic heterocycles. The lowest BCUT2D eigenvalue weighted by Crippen LogP contribution is -2.22. The van der Waals surface area contributed by atoms with E-state index in [2.05, 4.69) is 5.32 Å². The van der Waals surface area contributed by atoms with Crippen molar-refractivity contribution in [1.82, 2.24) is 5.32 Å². The van der Waals surface area contributed by atoms with Gasteiger partial charge in [0.15, 0.2) is 0 Å². The van der Waals surface area contributed by atoms with E-state index in [-0.39, 0.29) is 12.5 Å². The summed E-state index contributed by atoms with van der Waals surface area (Å²) in [5.41, 5.74) is 2.54. The number of hydrogen-bond donors (Lipinski definition) is 2. The van der Waals surface area contributed by atoms with Crippen molar-refractivity contribution < 1.29 is 9.90 Å². The summed E-state index contributed by atoms with van der Waals surface area (Å²) in [5, 5.41) is 11.8. The number of aliphatic hydroxyl groups is 1. The number of carbonyl (C=O) groups is 1. The highest BCUT2D eigenvalue weighted by molar-refractivity contribution is 5.94. The van der Waals surface area contributed by atoms with E-state index in [4.69, 9.17) is 5.11 Å². The Hall–Kier alpha value is -2.13. The van der Waals surface area contributed by atoms with Gasteiger partial charge in [0, 0.05) is 12.1 Å². The topological polar surface area (TPSA) is 49.3 Å². The Kier molecular flexibility index (Phi) is 4.10. The Morgan fingerprint density at radius 3 is 2.17 bits per heavy atom. The lowest BCUT2D eigenvalue weighted by Gasteiger charge is -2.06. The van der Waals surface area contributed by atoms with Crippen molar-refractivity contribution >= 4 is 5.91 Å². The van der Waals surface area contributed by atoms with Gasteiger partial charge in [0.1, 0.15) is 0 Å². The first kappa shape index (κ1) is 12.3. The molecule has 2 aromatic carbocycles. The highest BCUT2D eigenvalue weighted by Crippen LogP contribution is 2.05. The van der Waals surface area contributed by atoms with Crippen LogP contribution < -0.4 is 5.32 Å². The number of hydrogen-bond acceptors (Lipinski definition) is 2. The van der Waals surface area contributed by atoms with Crippen LogP contribution in [0.5, 0.6) is 0 Å². The molecule has 2 rings (SSSR count). The molecule has 0 saturated heterocycles. The second kappa shape index (κ2) is 5.98. The summed E-state index contributed by atoms with van der Waals surface area (Å²) < 4.78 is 0. The second-order valence-electron chi connectivity index (χ2n) is 4.02. The molecular formula is C15H15NO2. The molecular weight excluding hydrogens is 226 g/mol. The summed E-state index contributed by atoms with van der Waals surface area (Å²) in [6.07, 6.45) is 0. The van der Waals surface area contributed by atoms with Gasteiger partial charge in [0.05, 0.1) is 6.61 Å². The summed E-state index contributed by atoms with van der Waals surface area (Å²) in [6.45, 7) is 0.524. The van der Waals surface area contributed by atoms with E-state index in [9.17, 15) is 4.79 Å². The van der Waals surface area contributed by atoms with Crippen molar-refractivity contribution in [3.63, 3.8) is 0 Å². The van der Waals surface area contributed by atoms with Gasteiger partial charge in [-0.1, -0.05) is 42.5 Å². The predicted molar refractivity (Wildman–Crippen MR) is 70.0 cm³/mol. The van der Waals surface area contributed by atoms with E-state index >= 15 is 0 Å². The SMILES string of the molecule is O=C(NCc1ccc(CO)cc1)c1ccccc1. The minimum Gasteiger partial charge on any atom is -0.392 e. The van der Waals surface area contributed by atoms with Crippen molar-refractivity contribution in [3.8, 4) is 0 Å². The summed E-state index contributed by atoms with van der Waals surface area (Å²) in [6, 6.07) is 16.6. The number of amides is 1. The van der Waals surface area contributed by atoms with Crippen molar-refractivity contribution in [2.75, 3.05) is 0 Å². The highest BCUT2D eigenvalue weighted by Gasteiger charge is 2.03. The molecule has 0 spiro atoms. The van der Waals surface area contributed by atoms with Crippen LogP contribution in [0.4, 0.5) is 0 Å². The predicted octanol–water partition coefficient (Wildman–Crippen LogP) is 2.11. The second-order valence-corrected chi connectivity index (χ2v) is 4.02. The lowest BCUT2D eigenvalue weighted by atomic mass is 10.1. The molecule has 92 valence electrons. The zero-order valence-corrected chi connectivity index (χ0v) is 9.97. The molecule has 18 heavy (non-hydrogen) atoms. The average molecular weight is 241 g/mol. The van der Waals surface area contributed by atoms with Crippen LogP contribution in [-0.4, -0.2) is 11.0 Å². The number of carbonyl (C=O) groups excluding carboxylic acids is 1. The molecule has 0 unspecified atom stereocenters. The fourth-order valence-corrected chi connectivity index (χ4v) is 1.64. The number of rotatable bonds is 4. The summed E-state index contributed by atoms with van der Waals surface area (Å²) >= 11 is 0. The van der Waals surface area contributed by atoms with Crippen molar-refractivity contribution in [2.24, 2.45) is 0 Å². The van der Waals surface area contributed by atoms with E-state index in [0.29, 0.717) is 12.1 Å². The maximum atomic E-state index is 11.8. The van der Waals surface area contributed by atoms with E-state index in [1.54, 1.807) is 12.1 Å².